The van der Waals surface area contributed by atoms with Gasteiger partial charge in [0.15, 0.2) is 0 Å². The van der Waals surface area contributed by atoms with E-state index in [4.69, 9.17) is 0 Å². The highest BCUT2D eigenvalue weighted by Gasteiger charge is 2.33. The van der Waals surface area contributed by atoms with Crippen LogP contribution < -0.4 is 5.32 Å². The summed E-state index contributed by atoms with van der Waals surface area (Å²) in [7, 11) is 0. The van der Waals surface area contributed by atoms with Crippen molar-refractivity contribution < 1.29 is 13.2 Å². The van der Waals surface area contributed by atoms with Gasteiger partial charge in [0.1, 0.15) is 0 Å². The summed E-state index contributed by atoms with van der Waals surface area (Å²) in [4.78, 5) is 0. The molecule has 0 saturated heterocycles. The van der Waals surface area contributed by atoms with Gasteiger partial charge in [-0.15, -0.1) is 0 Å². The maximum atomic E-state index is 12.3. The first-order valence-electron chi connectivity index (χ1n) is 7.13. The van der Waals surface area contributed by atoms with Crippen molar-refractivity contribution in [2.24, 2.45) is 17.8 Å². The van der Waals surface area contributed by atoms with E-state index in [1.165, 1.54) is 0 Å². The Morgan fingerprint density at radius 3 is 2.33 bits per heavy atom. The average Bonchev–Trinajstić information content (AvgIpc) is 2.27. The van der Waals surface area contributed by atoms with Crippen molar-refractivity contribution >= 4 is 0 Å². The van der Waals surface area contributed by atoms with E-state index in [9.17, 15) is 13.2 Å². The Hall–Kier alpha value is -0.250. The Bertz CT molecular complexity index is 240. The van der Waals surface area contributed by atoms with Crippen LogP contribution in [-0.4, -0.2) is 18.8 Å². The third kappa shape index (κ3) is 5.17. The Morgan fingerprint density at radius 2 is 1.83 bits per heavy atom. The minimum absolute atomic E-state index is 0.0339. The van der Waals surface area contributed by atoms with E-state index in [1.807, 2.05) is 6.92 Å². The van der Waals surface area contributed by atoms with Crippen molar-refractivity contribution in [2.45, 2.75) is 65.1 Å². The first-order valence-corrected chi connectivity index (χ1v) is 7.13. The summed E-state index contributed by atoms with van der Waals surface area (Å²) in [5, 5.41) is 3.26. The van der Waals surface area contributed by atoms with Crippen LogP contribution in [0.1, 0.15) is 52.9 Å². The maximum Gasteiger partial charge on any atom is 0.389 e. The van der Waals surface area contributed by atoms with Crippen molar-refractivity contribution in [3.05, 3.63) is 0 Å². The molecule has 0 heterocycles. The molecule has 1 N–H and O–H groups in total. The van der Waals surface area contributed by atoms with Crippen LogP contribution in [0.3, 0.4) is 0 Å². The molecule has 0 aromatic carbocycles. The molecule has 4 atom stereocenters. The smallest absolute Gasteiger partial charge is 0.314 e. The minimum Gasteiger partial charge on any atom is -0.314 e. The molecule has 0 spiro atoms. The van der Waals surface area contributed by atoms with Crippen LogP contribution in [0.25, 0.3) is 0 Å². The van der Waals surface area contributed by atoms with E-state index < -0.39 is 12.6 Å². The monoisotopic (exact) mass is 265 g/mol. The van der Waals surface area contributed by atoms with Crippen molar-refractivity contribution in [3.63, 3.8) is 0 Å². The second-order valence-electron chi connectivity index (χ2n) is 5.85. The Morgan fingerprint density at radius 1 is 1.17 bits per heavy atom. The van der Waals surface area contributed by atoms with Crippen molar-refractivity contribution in [2.75, 3.05) is 6.54 Å². The third-order valence-electron chi connectivity index (χ3n) is 4.41. The first-order chi connectivity index (χ1) is 8.33. The van der Waals surface area contributed by atoms with Crippen LogP contribution in [0.4, 0.5) is 13.2 Å². The Kier molecular flexibility index (Phi) is 5.96. The zero-order chi connectivity index (χ0) is 13.8. The summed E-state index contributed by atoms with van der Waals surface area (Å²) in [5.41, 5.74) is 0. The van der Waals surface area contributed by atoms with E-state index >= 15 is 0 Å². The van der Waals surface area contributed by atoms with E-state index in [2.05, 4.69) is 19.2 Å². The Balaban J connectivity index is 2.50. The first kappa shape index (κ1) is 15.8. The minimum atomic E-state index is -4.03. The van der Waals surface area contributed by atoms with Gasteiger partial charge in [0.2, 0.25) is 0 Å². The van der Waals surface area contributed by atoms with Gasteiger partial charge in [-0.1, -0.05) is 27.2 Å². The van der Waals surface area contributed by atoms with Gasteiger partial charge in [-0.2, -0.15) is 13.2 Å². The molecule has 0 amide bonds. The normalized spacial score (nSPS) is 31.3. The molecule has 1 fully saturated rings. The molecule has 4 heteroatoms. The number of alkyl halides is 3. The molecule has 1 aliphatic carbocycles. The lowest BCUT2D eigenvalue weighted by Gasteiger charge is -2.37. The highest BCUT2D eigenvalue weighted by atomic mass is 19.4. The fourth-order valence-electron chi connectivity index (χ4n) is 3.04. The summed E-state index contributed by atoms with van der Waals surface area (Å²) in [6.07, 6.45) is -1.17. The predicted octanol–water partition coefficient (Wildman–Crippen LogP) is 4.38. The molecular weight excluding hydrogens is 239 g/mol. The van der Waals surface area contributed by atoms with E-state index in [1.54, 1.807) is 0 Å². The Labute approximate surface area is 109 Å². The van der Waals surface area contributed by atoms with Crippen LogP contribution in [0.2, 0.25) is 0 Å². The lowest BCUT2D eigenvalue weighted by atomic mass is 9.72. The molecule has 4 unspecified atom stereocenters. The summed E-state index contributed by atoms with van der Waals surface area (Å²) in [5.74, 6) is 1.76. The van der Waals surface area contributed by atoms with Gasteiger partial charge in [0.25, 0.3) is 0 Å². The topological polar surface area (TPSA) is 12.0 Å². The number of rotatable bonds is 5. The number of hydrogen-bond donors (Lipinski definition) is 1. The lowest BCUT2D eigenvalue weighted by Crippen LogP contribution is -2.40. The largest absolute Gasteiger partial charge is 0.389 e. The highest BCUT2D eigenvalue weighted by Crippen LogP contribution is 2.36. The number of halogens is 3. The van der Waals surface area contributed by atoms with Crippen molar-refractivity contribution in [3.8, 4) is 0 Å². The molecule has 1 rings (SSSR count). The quantitative estimate of drug-likeness (QED) is 0.778. The van der Waals surface area contributed by atoms with E-state index in [0.29, 0.717) is 17.8 Å². The lowest BCUT2D eigenvalue weighted by molar-refractivity contribution is -0.137. The second kappa shape index (κ2) is 6.78. The zero-order valence-corrected chi connectivity index (χ0v) is 11.7. The van der Waals surface area contributed by atoms with Gasteiger partial charge in [-0.3, -0.25) is 0 Å². The van der Waals surface area contributed by atoms with Crippen molar-refractivity contribution in [1.29, 1.82) is 0 Å². The van der Waals surface area contributed by atoms with Crippen LogP contribution in [-0.2, 0) is 0 Å². The summed E-state index contributed by atoms with van der Waals surface area (Å²) in [6.45, 7) is 7.20. The van der Waals surface area contributed by atoms with E-state index in [0.717, 1.165) is 25.8 Å². The van der Waals surface area contributed by atoms with Crippen molar-refractivity contribution in [1.82, 2.24) is 5.32 Å². The summed E-state index contributed by atoms with van der Waals surface area (Å²) >= 11 is 0. The van der Waals surface area contributed by atoms with Crippen LogP contribution >= 0.6 is 0 Å². The molecule has 0 aliphatic heterocycles. The van der Waals surface area contributed by atoms with Gasteiger partial charge in [0, 0.05) is 12.5 Å². The predicted molar refractivity (Wildman–Crippen MR) is 68.4 cm³/mol. The fraction of sp³-hybridized carbons (Fsp3) is 1.00. The van der Waals surface area contributed by atoms with Gasteiger partial charge >= 0.3 is 6.18 Å². The molecule has 0 aromatic rings. The second-order valence-corrected chi connectivity index (χ2v) is 5.85. The van der Waals surface area contributed by atoms with Gasteiger partial charge < -0.3 is 5.32 Å². The maximum absolute atomic E-state index is 12.3. The summed E-state index contributed by atoms with van der Waals surface area (Å²) < 4.78 is 37.0. The fourth-order valence-corrected chi connectivity index (χ4v) is 3.04. The van der Waals surface area contributed by atoms with Crippen LogP contribution in [0.5, 0.6) is 0 Å². The molecule has 1 nitrogen and oxygen atoms in total. The molecule has 0 radical (unpaired) electrons. The SMILES string of the molecule is CCNC(CCC(F)(F)F)C1CCC(C)C(C)C1. The molecule has 0 bridgehead atoms. The van der Waals surface area contributed by atoms with Crippen LogP contribution in [0.15, 0.2) is 0 Å². The highest BCUT2D eigenvalue weighted by molar-refractivity contribution is 4.84. The molecule has 108 valence electrons. The standard InChI is InChI=1S/C14H26F3N/c1-4-18-13(7-8-14(15,16)17)12-6-5-10(2)11(3)9-12/h10-13,18H,4-9H2,1-3H3. The van der Waals surface area contributed by atoms with E-state index in [-0.39, 0.29) is 12.5 Å². The van der Waals surface area contributed by atoms with Gasteiger partial charge in [-0.25, -0.2) is 0 Å². The molecule has 0 aromatic heterocycles. The molecule has 18 heavy (non-hydrogen) atoms. The van der Waals surface area contributed by atoms with Gasteiger partial charge in [-0.05, 0) is 43.6 Å². The van der Waals surface area contributed by atoms with Crippen LogP contribution in [0, 0.1) is 17.8 Å². The van der Waals surface area contributed by atoms with Gasteiger partial charge in [0.05, 0.1) is 0 Å². The molecular formula is C14H26F3N. The molecule has 1 aliphatic rings. The zero-order valence-electron chi connectivity index (χ0n) is 11.7. The molecule has 1 saturated carbocycles. The third-order valence-corrected chi connectivity index (χ3v) is 4.41. The number of hydrogen-bond acceptors (Lipinski definition) is 1. The number of nitrogens with one attached hydrogen (secondary N) is 1. The average molecular weight is 265 g/mol. The summed E-state index contributed by atoms with van der Waals surface area (Å²) in [6, 6.07) is 0.0339.